The van der Waals surface area contributed by atoms with Crippen LogP contribution in [0.15, 0.2) is 13.9 Å². The van der Waals surface area contributed by atoms with Crippen LogP contribution in [0.5, 0.6) is 0 Å². The van der Waals surface area contributed by atoms with E-state index in [1.165, 1.54) is 4.72 Å². The number of rotatable bonds is 7. The van der Waals surface area contributed by atoms with Crippen LogP contribution in [0.1, 0.15) is 32.3 Å². The summed E-state index contributed by atoms with van der Waals surface area (Å²) in [6.45, 7) is 2.67. The molecule has 0 fully saturated rings. The first kappa shape index (κ1) is 24.5. The summed E-state index contributed by atoms with van der Waals surface area (Å²) in [5.41, 5.74) is -8.06. The molecule has 3 heterocycles. The van der Waals surface area contributed by atoms with Crippen LogP contribution < -0.4 is 26.6 Å². The van der Waals surface area contributed by atoms with Crippen LogP contribution in [0.3, 0.4) is 0 Å². The molecule has 1 aliphatic heterocycles. The van der Waals surface area contributed by atoms with Gasteiger partial charge in [-0.3, -0.25) is 23.9 Å². The van der Waals surface area contributed by atoms with Crippen LogP contribution in [-0.4, -0.2) is 46.2 Å². The number of sulfonamides is 1. The number of aromatic amines is 1. The molecule has 4 N–H and O–H groups in total. The Morgan fingerprint density at radius 1 is 1.24 bits per heavy atom. The normalized spacial score (nSPS) is 18.2. The topological polar surface area (TPSA) is 185 Å². The minimum absolute atomic E-state index is 0.147. The van der Waals surface area contributed by atoms with E-state index >= 15 is 0 Å². The van der Waals surface area contributed by atoms with E-state index in [-0.39, 0.29) is 23.0 Å². The molecule has 2 aromatic heterocycles. The van der Waals surface area contributed by atoms with E-state index in [4.69, 9.17) is 0 Å². The van der Waals surface area contributed by atoms with Gasteiger partial charge in [-0.05, 0) is 6.42 Å². The molecule has 0 saturated carbocycles. The zero-order valence-corrected chi connectivity index (χ0v) is 18.5. The Kier molecular flexibility index (Phi) is 6.20. The number of halogens is 3. The van der Waals surface area contributed by atoms with Crippen molar-refractivity contribution in [2.45, 2.75) is 49.3 Å². The molecule has 0 aromatic carbocycles. The van der Waals surface area contributed by atoms with Crippen LogP contribution in [0.4, 0.5) is 24.1 Å². The van der Waals surface area contributed by atoms with Crippen LogP contribution in [0.25, 0.3) is 0 Å². The molecule has 0 saturated heterocycles. The number of carbonyl (C=O) groups is 2. The zero-order valence-electron chi connectivity index (χ0n) is 16.9. The monoisotopic (exact) mass is 511 g/mol. The van der Waals surface area contributed by atoms with Crippen molar-refractivity contribution in [2.24, 2.45) is 0 Å². The molecule has 0 bridgehead atoms. The molecular weight excluding hydrogens is 495 g/mol. The second-order valence-corrected chi connectivity index (χ2v) is 9.68. The smallest absolute Gasteiger partial charge is 0.309 e. The lowest BCUT2D eigenvalue weighted by Gasteiger charge is -2.29. The molecule has 0 unspecified atom stereocenters. The summed E-state index contributed by atoms with van der Waals surface area (Å²) in [7, 11) is -5.21. The minimum atomic E-state index is -5.65. The fourth-order valence-electron chi connectivity index (χ4n) is 3.08. The standard InChI is InChI=1S/C15H16F3N7O6S2/c1-3-4-5-25-8-7(9(27)21-12(25)29)14(10(28)20-8,15(16,17)18)24-33(30,31)13-23-22-11(32-13)19-6(2)26/h24H,3-5H2,1-2H3,(H,20,28)(H,19,22,26)(H,21,27,29)/t14-/m1/s1. The minimum Gasteiger partial charge on any atom is -0.309 e. The maximum absolute atomic E-state index is 14.3. The summed E-state index contributed by atoms with van der Waals surface area (Å²) >= 11 is 0.219. The van der Waals surface area contributed by atoms with Gasteiger partial charge in [-0.15, -0.1) is 10.2 Å². The number of anilines is 2. The van der Waals surface area contributed by atoms with Crippen molar-refractivity contribution in [1.82, 2.24) is 24.5 Å². The highest BCUT2D eigenvalue weighted by Gasteiger charge is 2.69. The summed E-state index contributed by atoms with van der Waals surface area (Å²) in [4.78, 5) is 50.0. The maximum atomic E-state index is 14.3. The largest absolute Gasteiger partial charge is 0.421 e. The number of nitrogens with zero attached hydrogens (tertiary/aromatic N) is 3. The predicted octanol–water partition coefficient (Wildman–Crippen LogP) is -0.165. The summed E-state index contributed by atoms with van der Waals surface area (Å²) in [5, 5.41) is 10.2. The Labute approximate surface area is 186 Å². The molecule has 180 valence electrons. The summed E-state index contributed by atoms with van der Waals surface area (Å²) in [6, 6.07) is 0. The number of unbranched alkanes of at least 4 members (excludes halogenated alkanes) is 1. The van der Waals surface area contributed by atoms with Gasteiger partial charge in [0.25, 0.3) is 21.5 Å². The Morgan fingerprint density at radius 2 is 1.91 bits per heavy atom. The van der Waals surface area contributed by atoms with Crippen LogP contribution in [0.2, 0.25) is 0 Å². The first-order chi connectivity index (χ1) is 15.2. The molecule has 1 atom stereocenters. The van der Waals surface area contributed by atoms with Gasteiger partial charge in [0.1, 0.15) is 5.82 Å². The number of carbonyl (C=O) groups excluding carboxylic acids is 2. The molecule has 3 rings (SSSR count). The second kappa shape index (κ2) is 8.34. The molecule has 1 aliphatic rings. The number of nitrogens with one attached hydrogen (secondary N) is 4. The van der Waals surface area contributed by atoms with E-state index in [9.17, 15) is 40.8 Å². The lowest BCUT2D eigenvalue weighted by Crippen LogP contribution is -2.61. The van der Waals surface area contributed by atoms with Gasteiger partial charge >= 0.3 is 11.9 Å². The number of hydrogen-bond acceptors (Lipinski definition) is 9. The third kappa shape index (κ3) is 4.15. The number of fused-ring (bicyclic) bond motifs is 1. The van der Waals surface area contributed by atoms with Crippen molar-refractivity contribution in [2.75, 3.05) is 10.6 Å². The molecular formula is C15H16F3N7O6S2. The fourth-order valence-corrected chi connectivity index (χ4v) is 5.36. The van der Waals surface area contributed by atoms with Gasteiger partial charge in [-0.1, -0.05) is 24.7 Å². The van der Waals surface area contributed by atoms with Gasteiger partial charge in [0.15, 0.2) is 0 Å². The fraction of sp³-hybridized carbons (Fsp3) is 0.467. The Morgan fingerprint density at radius 3 is 2.48 bits per heavy atom. The van der Waals surface area contributed by atoms with Crippen molar-refractivity contribution >= 4 is 44.1 Å². The van der Waals surface area contributed by atoms with Crippen molar-refractivity contribution < 1.29 is 31.2 Å². The summed E-state index contributed by atoms with van der Waals surface area (Å²) < 4.78 is 69.4. The van der Waals surface area contributed by atoms with Crippen molar-refractivity contribution in [3.8, 4) is 0 Å². The third-order valence-electron chi connectivity index (χ3n) is 4.51. The SMILES string of the molecule is CCCCn1c2c(c(=O)[nH]c1=O)[C@](NS(=O)(=O)c1nnc(NC(C)=O)s1)(C(F)(F)F)C(=O)N2. The second-order valence-electron chi connectivity index (χ2n) is 6.85. The molecule has 2 amide bonds. The quantitative estimate of drug-likeness (QED) is 0.369. The highest BCUT2D eigenvalue weighted by atomic mass is 32.2. The zero-order chi connectivity index (χ0) is 24.8. The van der Waals surface area contributed by atoms with Gasteiger partial charge in [0, 0.05) is 13.5 Å². The maximum Gasteiger partial charge on any atom is 0.421 e. The molecule has 0 radical (unpaired) electrons. The highest BCUT2D eigenvalue weighted by Crippen LogP contribution is 2.46. The Hall–Kier alpha value is -3.12. The predicted molar refractivity (Wildman–Crippen MR) is 107 cm³/mol. The van der Waals surface area contributed by atoms with Crippen LogP contribution in [0, 0.1) is 0 Å². The molecule has 13 nitrogen and oxygen atoms in total. The number of alkyl halides is 3. The Balaban J connectivity index is 2.21. The van der Waals surface area contributed by atoms with E-state index in [1.807, 2.05) is 5.32 Å². The van der Waals surface area contributed by atoms with Gasteiger partial charge in [0.05, 0.1) is 5.56 Å². The molecule has 0 spiro atoms. The molecule has 2 aromatic rings. The van der Waals surface area contributed by atoms with Crippen molar-refractivity contribution in [1.29, 1.82) is 0 Å². The third-order valence-corrected chi connectivity index (χ3v) is 7.17. The lowest BCUT2D eigenvalue weighted by atomic mass is 9.94. The average molecular weight is 511 g/mol. The average Bonchev–Trinajstić information content (AvgIpc) is 3.24. The van der Waals surface area contributed by atoms with Gasteiger partial charge < -0.3 is 10.6 Å². The van der Waals surface area contributed by atoms with Crippen molar-refractivity contribution in [3.05, 3.63) is 26.4 Å². The van der Waals surface area contributed by atoms with Crippen LogP contribution >= 0.6 is 11.3 Å². The van der Waals surface area contributed by atoms with Gasteiger partial charge in [-0.2, -0.15) is 17.9 Å². The van der Waals surface area contributed by atoms with E-state index in [2.05, 4.69) is 15.5 Å². The number of aromatic nitrogens is 4. The molecule has 33 heavy (non-hydrogen) atoms. The first-order valence-corrected chi connectivity index (χ1v) is 11.5. The van der Waals surface area contributed by atoms with E-state index in [0.717, 1.165) is 11.5 Å². The van der Waals surface area contributed by atoms with E-state index < -0.39 is 60.5 Å². The molecule has 0 aliphatic carbocycles. The number of H-pyrrole nitrogens is 1. The molecule has 18 heteroatoms. The Bertz CT molecular complexity index is 1350. The van der Waals surface area contributed by atoms with Crippen molar-refractivity contribution in [3.63, 3.8) is 0 Å². The summed E-state index contributed by atoms with van der Waals surface area (Å²) in [6.07, 6.45) is -4.81. The number of amides is 2. The van der Waals surface area contributed by atoms with E-state index in [0.29, 0.717) is 12.8 Å². The van der Waals surface area contributed by atoms with E-state index in [1.54, 1.807) is 11.9 Å². The highest BCUT2D eigenvalue weighted by molar-refractivity contribution is 7.91. The van der Waals surface area contributed by atoms with Gasteiger partial charge in [-0.25, -0.2) is 13.2 Å². The van der Waals surface area contributed by atoms with Crippen LogP contribution in [-0.2, 0) is 31.7 Å². The number of hydrogen-bond donors (Lipinski definition) is 4. The van der Waals surface area contributed by atoms with Gasteiger partial charge in [0.2, 0.25) is 20.9 Å². The lowest BCUT2D eigenvalue weighted by molar-refractivity contribution is -0.194. The summed E-state index contributed by atoms with van der Waals surface area (Å²) in [5.74, 6) is -3.34. The first-order valence-electron chi connectivity index (χ1n) is 9.15.